The summed E-state index contributed by atoms with van der Waals surface area (Å²) in [6, 6.07) is 2.61. The van der Waals surface area contributed by atoms with E-state index in [0.717, 1.165) is 5.82 Å². The molecule has 0 N–H and O–H groups in total. The fourth-order valence-corrected chi connectivity index (χ4v) is 2.31. The van der Waals surface area contributed by atoms with Gasteiger partial charge in [-0.2, -0.15) is 0 Å². The molecule has 16 heavy (non-hydrogen) atoms. The van der Waals surface area contributed by atoms with Crippen molar-refractivity contribution in [1.29, 1.82) is 0 Å². The van der Waals surface area contributed by atoms with Crippen LogP contribution in [0.5, 0.6) is 0 Å². The van der Waals surface area contributed by atoms with Crippen LogP contribution < -0.4 is 4.90 Å². The lowest BCUT2D eigenvalue weighted by molar-refractivity contribution is 0.426. The van der Waals surface area contributed by atoms with E-state index in [1.807, 2.05) is 6.07 Å². The van der Waals surface area contributed by atoms with Crippen molar-refractivity contribution in [3.63, 3.8) is 0 Å². The van der Waals surface area contributed by atoms with Gasteiger partial charge in [-0.3, -0.25) is 0 Å². The molecule has 86 valence electrons. The lowest BCUT2D eigenvalue weighted by Crippen LogP contribution is -2.34. The SMILES string of the molecule is C=Cc1nccc(N(C)C2CCCCC2)n1. The second-order valence-corrected chi connectivity index (χ2v) is 4.38. The smallest absolute Gasteiger partial charge is 0.153 e. The van der Waals surface area contributed by atoms with Gasteiger partial charge >= 0.3 is 0 Å². The molecule has 0 bridgehead atoms. The van der Waals surface area contributed by atoms with Crippen LogP contribution in [0.1, 0.15) is 37.9 Å². The highest BCUT2D eigenvalue weighted by atomic mass is 15.2. The molecule has 1 aliphatic carbocycles. The summed E-state index contributed by atoms with van der Waals surface area (Å²) in [6.07, 6.45) is 10.1. The first kappa shape index (κ1) is 11.1. The van der Waals surface area contributed by atoms with Crippen LogP contribution in [0.3, 0.4) is 0 Å². The monoisotopic (exact) mass is 217 g/mol. The van der Waals surface area contributed by atoms with Crippen LogP contribution >= 0.6 is 0 Å². The number of hydrogen-bond acceptors (Lipinski definition) is 3. The van der Waals surface area contributed by atoms with E-state index in [1.54, 1.807) is 12.3 Å². The van der Waals surface area contributed by atoms with Gasteiger partial charge in [-0.05, 0) is 25.0 Å². The fourth-order valence-electron chi connectivity index (χ4n) is 2.31. The van der Waals surface area contributed by atoms with E-state index in [2.05, 4.69) is 28.5 Å². The Morgan fingerprint density at radius 1 is 1.38 bits per heavy atom. The maximum absolute atomic E-state index is 4.46. The fraction of sp³-hybridized carbons (Fsp3) is 0.538. The molecule has 0 amide bonds. The van der Waals surface area contributed by atoms with Crippen LogP contribution in [0.2, 0.25) is 0 Å². The van der Waals surface area contributed by atoms with Crippen molar-refractivity contribution in [1.82, 2.24) is 9.97 Å². The van der Waals surface area contributed by atoms with E-state index >= 15 is 0 Å². The zero-order valence-electron chi connectivity index (χ0n) is 9.89. The Morgan fingerprint density at radius 3 is 2.81 bits per heavy atom. The predicted molar refractivity (Wildman–Crippen MR) is 67.4 cm³/mol. The van der Waals surface area contributed by atoms with E-state index in [-0.39, 0.29) is 0 Å². The second kappa shape index (κ2) is 5.10. The lowest BCUT2D eigenvalue weighted by atomic mass is 9.94. The van der Waals surface area contributed by atoms with E-state index in [0.29, 0.717) is 11.9 Å². The van der Waals surface area contributed by atoms with Crippen molar-refractivity contribution in [2.75, 3.05) is 11.9 Å². The Labute approximate surface area is 97.2 Å². The Morgan fingerprint density at radius 2 is 2.12 bits per heavy atom. The highest BCUT2D eigenvalue weighted by Crippen LogP contribution is 2.24. The van der Waals surface area contributed by atoms with Crippen molar-refractivity contribution in [3.05, 3.63) is 24.7 Å². The molecular formula is C13H19N3. The minimum absolute atomic E-state index is 0.640. The first-order chi connectivity index (χ1) is 7.81. The third-order valence-electron chi connectivity index (χ3n) is 3.33. The summed E-state index contributed by atoms with van der Waals surface area (Å²) in [5.41, 5.74) is 0. The highest BCUT2D eigenvalue weighted by molar-refractivity contribution is 5.44. The summed E-state index contributed by atoms with van der Waals surface area (Å²) in [5, 5.41) is 0. The zero-order chi connectivity index (χ0) is 11.4. The molecule has 3 heteroatoms. The Balaban J connectivity index is 2.12. The van der Waals surface area contributed by atoms with Crippen LogP contribution in [-0.2, 0) is 0 Å². The predicted octanol–water partition coefficient (Wildman–Crippen LogP) is 2.89. The number of nitrogens with zero attached hydrogens (tertiary/aromatic N) is 3. The van der Waals surface area contributed by atoms with Gasteiger partial charge in [0.25, 0.3) is 0 Å². The third kappa shape index (κ3) is 2.40. The molecule has 0 unspecified atom stereocenters. The summed E-state index contributed by atoms with van der Waals surface area (Å²) in [4.78, 5) is 10.9. The van der Waals surface area contributed by atoms with Crippen molar-refractivity contribution in [2.24, 2.45) is 0 Å². The Hall–Kier alpha value is -1.38. The standard InChI is InChI=1S/C13H19N3/c1-3-12-14-10-9-13(15-12)16(2)11-7-5-4-6-8-11/h3,9-11H,1,4-8H2,2H3. The Kier molecular flexibility index (Phi) is 3.54. The van der Waals surface area contributed by atoms with Gasteiger partial charge in [-0.25, -0.2) is 9.97 Å². The maximum Gasteiger partial charge on any atom is 0.153 e. The van der Waals surface area contributed by atoms with Gasteiger partial charge < -0.3 is 4.90 Å². The van der Waals surface area contributed by atoms with Crippen LogP contribution in [0, 0.1) is 0 Å². The average molecular weight is 217 g/mol. The zero-order valence-corrected chi connectivity index (χ0v) is 9.89. The normalized spacial score (nSPS) is 17.1. The van der Waals surface area contributed by atoms with Crippen molar-refractivity contribution in [2.45, 2.75) is 38.1 Å². The van der Waals surface area contributed by atoms with Crippen molar-refractivity contribution in [3.8, 4) is 0 Å². The molecule has 3 nitrogen and oxygen atoms in total. The molecule has 1 aromatic heterocycles. The molecule has 0 atom stereocenters. The molecule has 0 aliphatic heterocycles. The van der Waals surface area contributed by atoms with Gasteiger partial charge in [-0.15, -0.1) is 0 Å². The van der Waals surface area contributed by atoms with Gasteiger partial charge in [-0.1, -0.05) is 25.8 Å². The summed E-state index contributed by atoms with van der Waals surface area (Å²) in [5.74, 6) is 1.72. The topological polar surface area (TPSA) is 29.0 Å². The van der Waals surface area contributed by atoms with Crippen LogP contribution in [0.25, 0.3) is 6.08 Å². The summed E-state index contributed by atoms with van der Waals surface area (Å²) < 4.78 is 0. The lowest BCUT2D eigenvalue weighted by Gasteiger charge is -2.32. The summed E-state index contributed by atoms with van der Waals surface area (Å²) in [6.45, 7) is 3.70. The van der Waals surface area contributed by atoms with E-state index in [9.17, 15) is 0 Å². The highest BCUT2D eigenvalue weighted by Gasteiger charge is 2.19. The molecule has 0 aromatic carbocycles. The Bertz CT molecular complexity index is 356. The van der Waals surface area contributed by atoms with Gasteiger partial charge in [0.05, 0.1) is 0 Å². The van der Waals surface area contributed by atoms with Gasteiger partial charge in [0.15, 0.2) is 5.82 Å². The summed E-state index contributed by atoms with van der Waals surface area (Å²) >= 11 is 0. The molecule has 0 spiro atoms. The third-order valence-corrected chi connectivity index (χ3v) is 3.33. The number of anilines is 1. The molecule has 1 saturated carbocycles. The minimum Gasteiger partial charge on any atom is -0.357 e. The van der Waals surface area contributed by atoms with E-state index < -0.39 is 0 Å². The number of rotatable bonds is 3. The molecule has 1 aromatic rings. The first-order valence-corrected chi connectivity index (χ1v) is 5.99. The van der Waals surface area contributed by atoms with Crippen LogP contribution in [0.4, 0.5) is 5.82 Å². The molecule has 1 fully saturated rings. The molecule has 1 heterocycles. The first-order valence-electron chi connectivity index (χ1n) is 5.99. The van der Waals surface area contributed by atoms with Gasteiger partial charge in [0.2, 0.25) is 0 Å². The molecule has 0 saturated heterocycles. The number of hydrogen-bond donors (Lipinski definition) is 0. The molecule has 2 rings (SSSR count). The summed E-state index contributed by atoms with van der Waals surface area (Å²) in [7, 11) is 2.13. The van der Waals surface area contributed by atoms with Gasteiger partial charge in [0, 0.05) is 19.3 Å². The van der Waals surface area contributed by atoms with Crippen LogP contribution in [0.15, 0.2) is 18.8 Å². The van der Waals surface area contributed by atoms with E-state index in [4.69, 9.17) is 0 Å². The average Bonchev–Trinajstić information content (AvgIpc) is 2.39. The van der Waals surface area contributed by atoms with Crippen LogP contribution in [-0.4, -0.2) is 23.1 Å². The maximum atomic E-state index is 4.46. The van der Waals surface area contributed by atoms with Crippen molar-refractivity contribution >= 4 is 11.9 Å². The largest absolute Gasteiger partial charge is 0.357 e. The molecule has 1 aliphatic rings. The van der Waals surface area contributed by atoms with Gasteiger partial charge in [0.1, 0.15) is 5.82 Å². The van der Waals surface area contributed by atoms with Crippen molar-refractivity contribution < 1.29 is 0 Å². The minimum atomic E-state index is 0.640. The molecular weight excluding hydrogens is 198 g/mol. The number of aromatic nitrogens is 2. The second-order valence-electron chi connectivity index (χ2n) is 4.38. The molecule has 0 radical (unpaired) electrons. The van der Waals surface area contributed by atoms with E-state index in [1.165, 1.54) is 32.1 Å². The quantitative estimate of drug-likeness (QED) is 0.779.